The zero-order valence-corrected chi connectivity index (χ0v) is 19.4. The molecule has 1 unspecified atom stereocenters. The Balaban J connectivity index is 1.71. The van der Waals surface area contributed by atoms with E-state index in [-0.39, 0.29) is 23.1 Å². The van der Waals surface area contributed by atoms with Crippen molar-refractivity contribution >= 4 is 11.8 Å². The first kappa shape index (κ1) is 23.8. The van der Waals surface area contributed by atoms with Crippen LogP contribution in [-0.4, -0.2) is 44.7 Å². The Labute approximate surface area is 190 Å². The van der Waals surface area contributed by atoms with Crippen molar-refractivity contribution in [1.29, 1.82) is 0 Å². The summed E-state index contributed by atoms with van der Waals surface area (Å²) in [7, 11) is 1.65. The molecular weight excluding hydrogens is 404 g/mol. The largest absolute Gasteiger partial charge is 0.497 e. The van der Waals surface area contributed by atoms with Gasteiger partial charge in [-0.2, -0.15) is 0 Å². The maximum absolute atomic E-state index is 13.1. The summed E-state index contributed by atoms with van der Waals surface area (Å²) in [5.74, 6) is 0.351. The van der Waals surface area contributed by atoms with Crippen LogP contribution in [0.25, 0.3) is 0 Å². The number of rotatable bonds is 8. The van der Waals surface area contributed by atoms with Gasteiger partial charge in [-0.15, -0.1) is 0 Å². The molecule has 1 atom stereocenters. The third-order valence-corrected chi connectivity index (χ3v) is 6.30. The fraction of sp³-hybridized carbons (Fsp3) is 0.462. The molecule has 2 N–H and O–H groups in total. The molecule has 0 saturated carbocycles. The summed E-state index contributed by atoms with van der Waals surface area (Å²) < 4.78 is 10.9. The number of hydrogen-bond donors (Lipinski definition) is 2. The van der Waals surface area contributed by atoms with Gasteiger partial charge in [0.2, 0.25) is 5.91 Å². The molecule has 6 nitrogen and oxygen atoms in total. The van der Waals surface area contributed by atoms with Gasteiger partial charge < -0.3 is 20.1 Å². The second kappa shape index (κ2) is 10.6. The van der Waals surface area contributed by atoms with Gasteiger partial charge in [0, 0.05) is 30.7 Å². The molecule has 0 spiro atoms. The number of methoxy groups -OCH3 is 1. The van der Waals surface area contributed by atoms with Gasteiger partial charge in [0.05, 0.1) is 7.11 Å². The quantitative estimate of drug-likeness (QED) is 0.660. The monoisotopic (exact) mass is 438 g/mol. The lowest BCUT2D eigenvalue weighted by atomic mass is 9.74. The second-order valence-electron chi connectivity index (χ2n) is 8.90. The molecule has 1 aliphatic heterocycles. The molecule has 0 aromatic heterocycles. The number of nitrogens with one attached hydrogen (secondary N) is 2. The molecule has 1 heterocycles. The summed E-state index contributed by atoms with van der Waals surface area (Å²) in [4.78, 5) is 25.9. The van der Waals surface area contributed by atoms with Gasteiger partial charge in [-0.3, -0.25) is 9.59 Å². The van der Waals surface area contributed by atoms with Gasteiger partial charge in [-0.25, -0.2) is 0 Å². The van der Waals surface area contributed by atoms with Crippen molar-refractivity contribution in [2.75, 3.05) is 26.9 Å². The minimum Gasteiger partial charge on any atom is -0.497 e. The number of carbonyl (C=O) groups is 2. The molecule has 172 valence electrons. The topological polar surface area (TPSA) is 76.7 Å². The maximum Gasteiger partial charge on any atom is 0.251 e. The van der Waals surface area contributed by atoms with Crippen LogP contribution >= 0.6 is 0 Å². The normalized spacial score (nSPS) is 16.3. The summed E-state index contributed by atoms with van der Waals surface area (Å²) in [5.41, 5.74) is 2.59. The standard InChI is InChI=1S/C26H34N2O4/c1-18(2)23(28-24(29)20-7-5-19(3)6-8-20)25(30)27-17-26(13-15-32-16-14-26)21-9-11-22(31-4)12-10-21/h5-12,18,23H,13-17H2,1-4H3,(H,27,30)(H,28,29). The Bertz CT molecular complexity index is 900. The van der Waals surface area contributed by atoms with E-state index in [0.29, 0.717) is 25.3 Å². The molecule has 0 radical (unpaired) electrons. The summed E-state index contributed by atoms with van der Waals surface area (Å²) in [5, 5.41) is 6.04. The van der Waals surface area contributed by atoms with Crippen LogP contribution in [0, 0.1) is 12.8 Å². The third kappa shape index (κ3) is 5.68. The van der Waals surface area contributed by atoms with Crippen LogP contribution in [0.3, 0.4) is 0 Å². The lowest BCUT2D eigenvalue weighted by Crippen LogP contribution is -2.53. The SMILES string of the molecule is COc1ccc(C2(CNC(=O)C(NC(=O)c3ccc(C)cc3)C(C)C)CCOCC2)cc1. The number of hydrogen-bond acceptors (Lipinski definition) is 4. The molecule has 2 aromatic carbocycles. The van der Waals surface area contributed by atoms with Crippen LogP contribution in [0.5, 0.6) is 5.75 Å². The Morgan fingerprint density at radius 2 is 1.66 bits per heavy atom. The van der Waals surface area contributed by atoms with E-state index in [9.17, 15) is 9.59 Å². The van der Waals surface area contributed by atoms with Gasteiger partial charge >= 0.3 is 0 Å². The molecule has 6 heteroatoms. The number of carbonyl (C=O) groups excluding carboxylic acids is 2. The summed E-state index contributed by atoms with van der Waals surface area (Å²) >= 11 is 0. The number of ether oxygens (including phenoxy) is 2. The van der Waals surface area contributed by atoms with Crippen molar-refractivity contribution in [3.05, 3.63) is 65.2 Å². The molecule has 32 heavy (non-hydrogen) atoms. The molecule has 0 bridgehead atoms. The fourth-order valence-corrected chi connectivity index (χ4v) is 4.10. The van der Waals surface area contributed by atoms with E-state index in [2.05, 4.69) is 22.8 Å². The zero-order valence-electron chi connectivity index (χ0n) is 19.4. The van der Waals surface area contributed by atoms with Gasteiger partial charge in [-0.1, -0.05) is 43.7 Å². The average molecular weight is 439 g/mol. The molecule has 1 saturated heterocycles. The Morgan fingerprint density at radius 3 is 2.22 bits per heavy atom. The zero-order chi connectivity index (χ0) is 23.1. The third-order valence-electron chi connectivity index (χ3n) is 6.30. The molecule has 2 aromatic rings. The molecule has 0 aliphatic carbocycles. The highest BCUT2D eigenvalue weighted by atomic mass is 16.5. The summed E-state index contributed by atoms with van der Waals surface area (Å²) in [6, 6.07) is 14.8. The lowest BCUT2D eigenvalue weighted by Gasteiger charge is -2.38. The van der Waals surface area contributed by atoms with Crippen LogP contribution in [-0.2, 0) is 14.9 Å². The minimum absolute atomic E-state index is 0.0453. The Hall–Kier alpha value is -2.86. The molecular formula is C26H34N2O4. The first-order chi connectivity index (χ1) is 15.3. The van der Waals surface area contributed by atoms with Crippen molar-refractivity contribution in [3.63, 3.8) is 0 Å². The van der Waals surface area contributed by atoms with Gasteiger partial charge in [0.25, 0.3) is 5.91 Å². The van der Waals surface area contributed by atoms with Crippen molar-refractivity contribution in [3.8, 4) is 5.75 Å². The van der Waals surface area contributed by atoms with E-state index in [1.54, 1.807) is 19.2 Å². The lowest BCUT2D eigenvalue weighted by molar-refractivity contribution is -0.124. The van der Waals surface area contributed by atoms with E-state index in [1.165, 1.54) is 0 Å². The second-order valence-corrected chi connectivity index (χ2v) is 8.90. The average Bonchev–Trinajstić information content (AvgIpc) is 2.81. The highest BCUT2D eigenvalue weighted by molar-refractivity contribution is 5.97. The van der Waals surface area contributed by atoms with E-state index < -0.39 is 6.04 Å². The van der Waals surface area contributed by atoms with Crippen LogP contribution in [0.2, 0.25) is 0 Å². The van der Waals surface area contributed by atoms with Gasteiger partial charge in [0.15, 0.2) is 0 Å². The predicted molar refractivity (Wildman–Crippen MR) is 125 cm³/mol. The van der Waals surface area contributed by atoms with Crippen LogP contribution < -0.4 is 15.4 Å². The molecule has 3 rings (SSSR count). The number of benzene rings is 2. The van der Waals surface area contributed by atoms with Crippen LogP contribution in [0.1, 0.15) is 48.2 Å². The number of aryl methyl sites for hydroxylation is 1. The van der Waals surface area contributed by atoms with E-state index in [1.807, 2.05) is 45.0 Å². The van der Waals surface area contributed by atoms with E-state index in [0.717, 1.165) is 29.7 Å². The summed E-state index contributed by atoms with van der Waals surface area (Å²) in [6.07, 6.45) is 1.64. The number of amides is 2. The molecule has 1 fully saturated rings. The smallest absolute Gasteiger partial charge is 0.251 e. The minimum atomic E-state index is -0.614. The van der Waals surface area contributed by atoms with Crippen molar-refractivity contribution < 1.29 is 19.1 Å². The van der Waals surface area contributed by atoms with E-state index >= 15 is 0 Å². The predicted octanol–water partition coefficient (Wildman–Crippen LogP) is 3.62. The highest BCUT2D eigenvalue weighted by Gasteiger charge is 2.36. The van der Waals surface area contributed by atoms with Crippen molar-refractivity contribution in [1.82, 2.24) is 10.6 Å². The van der Waals surface area contributed by atoms with Crippen LogP contribution in [0.4, 0.5) is 0 Å². The van der Waals surface area contributed by atoms with E-state index in [4.69, 9.17) is 9.47 Å². The van der Waals surface area contributed by atoms with Crippen molar-refractivity contribution in [2.45, 2.75) is 45.1 Å². The maximum atomic E-state index is 13.1. The highest BCUT2D eigenvalue weighted by Crippen LogP contribution is 2.35. The van der Waals surface area contributed by atoms with Crippen molar-refractivity contribution in [2.24, 2.45) is 5.92 Å². The first-order valence-electron chi connectivity index (χ1n) is 11.2. The van der Waals surface area contributed by atoms with Gasteiger partial charge in [0.1, 0.15) is 11.8 Å². The molecule has 2 amide bonds. The van der Waals surface area contributed by atoms with Crippen LogP contribution in [0.15, 0.2) is 48.5 Å². The first-order valence-corrected chi connectivity index (χ1v) is 11.2. The van der Waals surface area contributed by atoms with Gasteiger partial charge in [-0.05, 0) is 55.5 Å². The molecule has 1 aliphatic rings. The summed E-state index contributed by atoms with van der Waals surface area (Å²) in [6.45, 7) is 7.65. The fourth-order valence-electron chi connectivity index (χ4n) is 4.10. The Kier molecular flexibility index (Phi) is 7.91. The Morgan fingerprint density at radius 1 is 1.03 bits per heavy atom.